The molecule has 5 N–H and O–H groups in total. The van der Waals surface area contributed by atoms with E-state index in [1.807, 2.05) is 81.4 Å². The minimum atomic E-state index is -4.04. The van der Waals surface area contributed by atoms with Crippen LogP contribution in [0.5, 0.6) is 5.75 Å². The zero-order valence-electron chi connectivity index (χ0n) is 43.1. The molecular formula is C55H80N6O9S. The van der Waals surface area contributed by atoms with Crippen molar-refractivity contribution >= 4 is 22.2 Å². The molecule has 0 saturated heterocycles. The standard InChI is InChI=1S/C31H43N3O6S.C24H37N3O3/c1-30(2,3)40-29(36)33-27(21-24-11-6-5-7-12-24)28(35)22-34(23-31(19-10-20-32)17-8-9-18-31)41(37,38)26-15-13-25(39-4)14-16-26;1-23(2,3)30-22(29)27-20(16-19-10-5-4-6-11-19)21(28)17-26-18-24(14-9-15-25)12-7-8-13-24/h5-7,11-16,27-28,35H,8-10,17-19,21-23H2,1-4H3,(H,33,36);4-6,10-11,20-21,26,28H,7-9,12-14,16-18H2,1-3H3,(H,27,29)/t27-,28+;20-,21+/m00/s1. The van der Waals surface area contributed by atoms with Crippen LogP contribution in [0.4, 0.5) is 9.59 Å². The summed E-state index contributed by atoms with van der Waals surface area (Å²) in [5.74, 6) is 0.529. The lowest BCUT2D eigenvalue weighted by Gasteiger charge is -2.37. The summed E-state index contributed by atoms with van der Waals surface area (Å²) in [5, 5.41) is 49.7. The van der Waals surface area contributed by atoms with E-state index < -0.39 is 57.7 Å². The van der Waals surface area contributed by atoms with Gasteiger partial charge in [0, 0.05) is 39.0 Å². The SMILES string of the molecule is CC(C)(C)OC(=O)N[C@@H](Cc1ccccc1)[C@H](O)CNCC1(CCC#N)CCCC1.COc1ccc(S(=O)(=O)N(C[C@@H](O)[C@H](Cc2ccccc2)NC(=O)OC(C)(C)C)CC2(CCC#N)CCCC2)cc1. The lowest BCUT2D eigenvalue weighted by Crippen LogP contribution is -2.52. The molecule has 2 saturated carbocycles. The molecule has 3 aromatic rings. The molecule has 0 aromatic heterocycles. The highest BCUT2D eigenvalue weighted by Crippen LogP contribution is 2.44. The van der Waals surface area contributed by atoms with E-state index in [4.69, 9.17) is 19.5 Å². The van der Waals surface area contributed by atoms with E-state index in [2.05, 4.69) is 28.1 Å². The number of hydrogen-bond donors (Lipinski definition) is 5. The molecule has 390 valence electrons. The van der Waals surface area contributed by atoms with Crippen LogP contribution in [0.15, 0.2) is 89.8 Å². The molecule has 2 aliphatic rings. The monoisotopic (exact) mass is 1000 g/mol. The van der Waals surface area contributed by atoms with E-state index in [1.54, 1.807) is 32.9 Å². The maximum atomic E-state index is 14.1. The molecule has 71 heavy (non-hydrogen) atoms. The van der Waals surface area contributed by atoms with E-state index in [9.17, 15) is 33.5 Å². The Balaban J connectivity index is 0.000000324. The number of aliphatic hydroxyl groups excluding tert-OH is 2. The summed E-state index contributed by atoms with van der Waals surface area (Å²) in [7, 11) is -2.53. The highest BCUT2D eigenvalue weighted by Gasteiger charge is 2.41. The maximum absolute atomic E-state index is 14.1. The van der Waals surface area contributed by atoms with Crippen molar-refractivity contribution in [2.45, 2.75) is 172 Å². The first-order valence-electron chi connectivity index (χ1n) is 25.1. The molecule has 0 spiro atoms. The highest BCUT2D eigenvalue weighted by atomic mass is 32.2. The molecule has 0 radical (unpaired) electrons. The maximum Gasteiger partial charge on any atom is 0.407 e. The van der Waals surface area contributed by atoms with Crippen molar-refractivity contribution < 1.29 is 42.4 Å². The summed E-state index contributed by atoms with van der Waals surface area (Å²) in [4.78, 5) is 25.2. The first-order chi connectivity index (χ1) is 33.6. The van der Waals surface area contributed by atoms with Crippen molar-refractivity contribution in [2.24, 2.45) is 10.8 Å². The van der Waals surface area contributed by atoms with Crippen LogP contribution in [0, 0.1) is 33.5 Å². The number of nitrogens with zero attached hydrogens (tertiary/aromatic N) is 3. The third kappa shape index (κ3) is 20.1. The quantitative estimate of drug-likeness (QED) is 0.0601. The van der Waals surface area contributed by atoms with E-state index in [-0.39, 0.29) is 35.2 Å². The van der Waals surface area contributed by atoms with Crippen molar-refractivity contribution in [1.29, 1.82) is 10.5 Å². The molecule has 5 rings (SSSR count). The van der Waals surface area contributed by atoms with Gasteiger partial charge in [0.2, 0.25) is 10.0 Å². The molecule has 3 aromatic carbocycles. The molecule has 0 bridgehead atoms. The summed E-state index contributed by atoms with van der Waals surface area (Å²) in [5.41, 5.74) is 0.370. The second kappa shape index (κ2) is 27.6. The van der Waals surface area contributed by atoms with Crippen molar-refractivity contribution in [2.75, 3.05) is 33.3 Å². The van der Waals surface area contributed by atoms with Crippen molar-refractivity contribution in [3.8, 4) is 17.9 Å². The van der Waals surface area contributed by atoms with E-state index in [0.717, 1.165) is 62.6 Å². The van der Waals surface area contributed by atoms with Crippen LogP contribution in [0.3, 0.4) is 0 Å². The minimum absolute atomic E-state index is 0.0821. The van der Waals surface area contributed by atoms with Crippen LogP contribution in [0.25, 0.3) is 0 Å². The fraction of sp³-hybridized carbons (Fsp3) is 0.600. The smallest absolute Gasteiger partial charge is 0.407 e. The largest absolute Gasteiger partial charge is 0.497 e. The van der Waals surface area contributed by atoms with E-state index >= 15 is 0 Å². The van der Waals surface area contributed by atoms with Gasteiger partial charge in [0.05, 0.1) is 48.4 Å². The van der Waals surface area contributed by atoms with Gasteiger partial charge in [-0.05, 0) is 139 Å². The van der Waals surface area contributed by atoms with E-state index in [0.29, 0.717) is 38.0 Å². The normalized spacial score (nSPS) is 17.0. The number of hydrogen-bond acceptors (Lipinski definition) is 12. The predicted molar refractivity (Wildman–Crippen MR) is 275 cm³/mol. The number of rotatable bonds is 23. The fourth-order valence-electron chi connectivity index (χ4n) is 9.60. The van der Waals surface area contributed by atoms with Gasteiger partial charge < -0.3 is 40.4 Å². The number of ether oxygens (including phenoxy) is 3. The Morgan fingerprint density at radius 3 is 1.56 bits per heavy atom. The van der Waals surface area contributed by atoms with Gasteiger partial charge in [0.25, 0.3) is 0 Å². The van der Waals surface area contributed by atoms with Crippen LogP contribution in [0.2, 0.25) is 0 Å². The molecule has 0 unspecified atom stereocenters. The number of amides is 2. The Bertz CT molecular complexity index is 2260. The third-order valence-corrected chi connectivity index (χ3v) is 15.1. The number of nitrogens with one attached hydrogen (secondary N) is 3. The fourth-order valence-corrected chi connectivity index (χ4v) is 11.2. The van der Waals surface area contributed by atoms with Crippen LogP contribution in [-0.2, 0) is 32.3 Å². The molecule has 16 heteroatoms. The van der Waals surface area contributed by atoms with Crippen molar-refractivity contribution in [1.82, 2.24) is 20.3 Å². The highest BCUT2D eigenvalue weighted by molar-refractivity contribution is 7.89. The Morgan fingerprint density at radius 2 is 1.13 bits per heavy atom. The zero-order chi connectivity index (χ0) is 52.1. The summed E-state index contributed by atoms with van der Waals surface area (Å²) >= 11 is 0. The lowest BCUT2D eigenvalue weighted by atomic mass is 9.81. The average Bonchev–Trinajstić information content (AvgIpc) is 3.99. The first-order valence-corrected chi connectivity index (χ1v) is 26.6. The number of carbonyl (C=O) groups is 2. The Morgan fingerprint density at radius 1 is 0.690 bits per heavy atom. The Hall–Kier alpha value is -5.23. The summed E-state index contributed by atoms with van der Waals surface area (Å²) in [6.45, 7) is 11.8. The zero-order valence-corrected chi connectivity index (χ0v) is 43.9. The van der Waals surface area contributed by atoms with Crippen LogP contribution in [0.1, 0.15) is 130 Å². The van der Waals surface area contributed by atoms with Crippen LogP contribution >= 0.6 is 0 Å². The average molecular weight is 1000 g/mol. The van der Waals surface area contributed by atoms with Gasteiger partial charge in [-0.15, -0.1) is 0 Å². The molecule has 2 aliphatic carbocycles. The summed E-state index contributed by atoms with van der Waals surface area (Å²) < 4.78 is 45.5. The molecule has 0 heterocycles. The number of carbonyl (C=O) groups excluding carboxylic acids is 2. The molecule has 4 atom stereocenters. The van der Waals surface area contributed by atoms with Gasteiger partial charge in [-0.2, -0.15) is 14.8 Å². The number of sulfonamides is 1. The number of benzene rings is 3. The lowest BCUT2D eigenvalue weighted by molar-refractivity contribution is 0.0386. The van der Waals surface area contributed by atoms with Crippen molar-refractivity contribution in [3.63, 3.8) is 0 Å². The van der Waals surface area contributed by atoms with Crippen LogP contribution in [-0.4, -0.2) is 104 Å². The predicted octanol–water partition coefficient (Wildman–Crippen LogP) is 8.98. The Kier molecular flexibility index (Phi) is 22.6. The van der Waals surface area contributed by atoms with Gasteiger partial charge in [0.15, 0.2) is 0 Å². The van der Waals surface area contributed by atoms with Gasteiger partial charge in [-0.25, -0.2) is 18.0 Å². The molecule has 2 amide bonds. The number of aliphatic hydroxyl groups is 2. The van der Waals surface area contributed by atoms with Gasteiger partial charge in [-0.1, -0.05) is 86.3 Å². The molecule has 15 nitrogen and oxygen atoms in total. The first kappa shape index (κ1) is 58.3. The summed E-state index contributed by atoms with van der Waals surface area (Å²) in [6.07, 6.45) is 8.14. The number of methoxy groups -OCH3 is 1. The van der Waals surface area contributed by atoms with Crippen molar-refractivity contribution in [3.05, 3.63) is 96.1 Å². The second-order valence-corrected chi connectivity index (χ2v) is 23.3. The minimum Gasteiger partial charge on any atom is -0.497 e. The second-order valence-electron chi connectivity index (χ2n) is 21.4. The third-order valence-electron chi connectivity index (χ3n) is 13.2. The van der Waals surface area contributed by atoms with Gasteiger partial charge >= 0.3 is 12.2 Å². The molecule has 2 fully saturated rings. The van der Waals surface area contributed by atoms with Gasteiger partial charge in [0.1, 0.15) is 17.0 Å². The topological polar surface area (TPSA) is 223 Å². The number of nitriles is 2. The Labute approximate surface area is 423 Å². The molecular weight excluding hydrogens is 921 g/mol. The summed E-state index contributed by atoms with van der Waals surface area (Å²) in [6, 6.07) is 28.5. The number of alkyl carbamates (subject to hydrolysis) is 2. The van der Waals surface area contributed by atoms with E-state index in [1.165, 1.54) is 36.4 Å². The van der Waals surface area contributed by atoms with Gasteiger partial charge in [-0.3, -0.25) is 0 Å². The molecule has 0 aliphatic heterocycles. The van der Waals surface area contributed by atoms with Crippen LogP contribution < -0.4 is 20.7 Å².